The van der Waals surface area contributed by atoms with E-state index in [1.165, 1.54) is 12.4 Å². The Labute approximate surface area is 111 Å². The number of nitrogens with one attached hydrogen (secondary N) is 1. The maximum absolute atomic E-state index is 13.8. The maximum Gasteiger partial charge on any atom is 0.129 e. The number of aryl methyl sites for hydroxylation is 1. The Bertz CT molecular complexity index is 557. The molecule has 2 rings (SSSR count). The van der Waals surface area contributed by atoms with Crippen LogP contribution in [0.4, 0.5) is 10.2 Å². The molecule has 0 spiro atoms. The first-order valence-electron chi connectivity index (χ1n) is 6.25. The molecule has 0 unspecified atom stereocenters. The predicted octanol–water partition coefficient (Wildman–Crippen LogP) is 2.25. The SMILES string of the molecule is CCc1cc(NCc2ccc(CN)cc2F)ncn1. The van der Waals surface area contributed by atoms with E-state index in [2.05, 4.69) is 15.3 Å². The van der Waals surface area contributed by atoms with Gasteiger partial charge < -0.3 is 11.1 Å². The summed E-state index contributed by atoms with van der Waals surface area (Å²) in [6.45, 7) is 2.75. The quantitative estimate of drug-likeness (QED) is 0.865. The van der Waals surface area contributed by atoms with Crippen LogP contribution in [0.2, 0.25) is 0 Å². The van der Waals surface area contributed by atoms with Crippen LogP contribution in [0.1, 0.15) is 23.7 Å². The molecule has 0 radical (unpaired) electrons. The highest BCUT2D eigenvalue weighted by Gasteiger charge is 2.04. The van der Waals surface area contributed by atoms with E-state index in [9.17, 15) is 4.39 Å². The fraction of sp³-hybridized carbons (Fsp3) is 0.286. The van der Waals surface area contributed by atoms with E-state index in [0.29, 0.717) is 24.5 Å². The Morgan fingerprint density at radius 1 is 1.26 bits per heavy atom. The number of nitrogens with zero attached hydrogens (tertiary/aromatic N) is 2. The summed E-state index contributed by atoms with van der Waals surface area (Å²) in [7, 11) is 0. The largest absolute Gasteiger partial charge is 0.366 e. The minimum Gasteiger partial charge on any atom is -0.366 e. The van der Waals surface area contributed by atoms with Crippen molar-refractivity contribution in [2.24, 2.45) is 5.73 Å². The molecule has 0 aliphatic rings. The predicted molar refractivity (Wildman–Crippen MR) is 73.0 cm³/mol. The van der Waals surface area contributed by atoms with Crippen molar-refractivity contribution in [1.82, 2.24) is 9.97 Å². The van der Waals surface area contributed by atoms with E-state index < -0.39 is 0 Å². The van der Waals surface area contributed by atoms with Gasteiger partial charge in [0.05, 0.1) is 0 Å². The molecule has 19 heavy (non-hydrogen) atoms. The Hall–Kier alpha value is -2.01. The van der Waals surface area contributed by atoms with Crippen molar-refractivity contribution < 1.29 is 4.39 Å². The second kappa shape index (κ2) is 6.24. The van der Waals surface area contributed by atoms with Crippen molar-refractivity contribution >= 4 is 5.82 Å². The number of anilines is 1. The van der Waals surface area contributed by atoms with Gasteiger partial charge in [0.1, 0.15) is 18.0 Å². The lowest BCUT2D eigenvalue weighted by Crippen LogP contribution is -2.05. The lowest BCUT2D eigenvalue weighted by atomic mass is 10.1. The minimum atomic E-state index is -0.250. The first-order chi connectivity index (χ1) is 9.22. The second-order valence-electron chi connectivity index (χ2n) is 4.23. The molecule has 0 saturated heterocycles. The summed E-state index contributed by atoms with van der Waals surface area (Å²) < 4.78 is 13.8. The average Bonchev–Trinajstić information content (AvgIpc) is 2.46. The summed E-state index contributed by atoms with van der Waals surface area (Å²) in [5.74, 6) is 0.453. The molecule has 0 fully saturated rings. The molecule has 0 aliphatic heterocycles. The normalized spacial score (nSPS) is 10.5. The van der Waals surface area contributed by atoms with Crippen LogP contribution in [0.15, 0.2) is 30.6 Å². The third-order valence-corrected chi connectivity index (χ3v) is 2.90. The third kappa shape index (κ3) is 3.48. The van der Waals surface area contributed by atoms with E-state index >= 15 is 0 Å². The molecule has 3 N–H and O–H groups in total. The number of halogens is 1. The molecule has 0 aliphatic carbocycles. The van der Waals surface area contributed by atoms with Crippen molar-refractivity contribution in [3.05, 3.63) is 53.2 Å². The number of benzene rings is 1. The van der Waals surface area contributed by atoms with E-state index in [4.69, 9.17) is 5.73 Å². The standard InChI is InChI=1S/C14H17FN4/c1-2-12-6-14(19-9-18-12)17-8-11-4-3-10(7-16)5-13(11)15/h3-6,9H,2,7-8,16H2,1H3,(H,17,18,19). The van der Waals surface area contributed by atoms with Gasteiger partial charge in [-0.25, -0.2) is 14.4 Å². The Morgan fingerprint density at radius 3 is 2.79 bits per heavy atom. The van der Waals surface area contributed by atoms with Gasteiger partial charge in [-0.2, -0.15) is 0 Å². The minimum absolute atomic E-state index is 0.250. The van der Waals surface area contributed by atoms with Crippen molar-refractivity contribution in [2.75, 3.05) is 5.32 Å². The first kappa shape index (κ1) is 13.4. The molecule has 5 heteroatoms. The van der Waals surface area contributed by atoms with Crippen molar-refractivity contribution in [3.63, 3.8) is 0 Å². The molecule has 1 heterocycles. The number of rotatable bonds is 5. The van der Waals surface area contributed by atoms with Crippen LogP contribution in [0.3, 0.4) is 0 Å². The number of hydrogen-bond donors (Lipinski definition) is 2. The highest BCUT2D eigenvalue weighted by atomic mass is 19.1. The molecular formula is C14H17FN4. The fourth-order valence-corrected chi connectivity index (χ4v) is 1.73. The molecule has 4 nitrogen and oxygen atoms in total. The van der Waals surface area contributed by atoms with Gasteiger partial charge in [-0.15, -0.1) is 0 Å². The molecule has 0 atom stereocenters. The number of nitrogens with two attached hydrogens (primary N) is 1. The summed E-state index contributed by atoms with van der Waals surface area (Å²) in [6, 6.07) is 6.91. The smallest absolute Gasteiger partial charge is 0.129 e. The highest BCUT2D eigenvalue weighted by molar-refractivity contribution is 5.36. The van der Waals surface area contributed by atoms with Crippen molar-refractivity contribution in [3.8, 4) is 0 Å². The summed E-state index contributed by atoms with van der Waals surface area (Å²) in [5.41, 5.74) is 7.80. The topological polar surface area (TPSA) is 63.8 Å². The molecule has 1 aromatic carbocycles. The monoisotopic (exact) mass is 260 g/mol. The molecule has 1 aromatic heterocycles. The van der Waals surface area contributed by atoms with Crippen LogP contribution in [0, 0.1) is 5.82 Å². The summed E-state index contributed by atoms with van der Waals surface area (Å²) in [5, 5.41) is 3.09. The third-order valence-electron chi connectivity index (χ3n) is 2.90. The Balaban J connectivity index is 2.05. The average molecular weight is 260 g/mol. The van der Waals surface area contributed by atoms with Crippen molar-refractivity contribution in [2.45, 2.75) is 26.4 Å². The van der Waals surface area contributed by atoms with Crippen molar-refractivity contribution in [1.29, 1.82) is 0 Å². The molecule has 0 amide bonds. The van der Waals surface area contributed by atoms with Crippen LogP contribution in [-0.2, 0) is 19.5 Å². The zero-order valence-electron chi connectivity index (χ0n) is 10.9. The molecular weight excluding hydrogens is 243 g/mol. The van der Waals surface area contributed by atoms with Crippen LogP contribution in [0.25, 0.3) is 0 Å². The van der Waals surface area contributed by atoms with Crippen LogP contribution in [0.5, 0.6) is 0 Å². The van der Waals surface area contributed by atoms with E-state index in [1.54, 1.807) is 6.07 Å². The van der Waals surface area contributed by atoms with Gasteiger partial charge in [-0.05, 0) is 18.1 Å². The van der Waals surface area contributed by atoms with Crippen LogP contribution in [-0.4, -0.2) is 9.97 Å². The molecule has 2 aromatic rings. The zero-order chi connectivity index (χ0) is 13.7. The van der Waals surface area contributed by atoms with Gasteiger partial charge in [0, 0.05) is 30.4 Å². The van der Waals surface area contributed by atoms with E-state index in [1.807, 2.05) is 19.1 Å². The van der Waals surface area contributed by atoms with Crippen LogP contribution < -0.4 is 11.1 Å². The lowest BCUT2D eigenvalue weighted by molar-refractivity contribution is 0.610. The molecule has 0 bridgehead atoms. The van der Waals surface area contributed by atoms with E-state index in [-0.39, 0.29) is 5.82 Å². The summed E-state index contributed by atoms with van der Waals surface area (Å²) in [6.07, 6.45) is 2.35. The van der Waals surface area contributed by atoms with Gasteiger partial charge in [-0.1, -0.05) is 19.1 Å². The Kier molecular flexibility index (Phi) is 4.41. The summed E-state index contributed by atoms with van der Waals surface area (Å²) >= 11 is 0. The number of aromatic nitrogens is 2. The Morgan fingerprint density at radius 2 is 2.11 bits per heavy atom. The maximum atomic E-state index is 13.8. The zero-order valence-corrected chi connectivity index (χ0v) is 10.9. The highest BCUT2D eigenvalue weighted by Crippen LogP contribution is 2.12. The van der Waals surface area contributed by atoms with Gasteiger partial charge in [-0.3, -0.25) is 0 Å². The first-order valence-corrected chi connectivity index (χ1v) is 6.25. The lowest BCUT2D eigenvalue weighted by Gasteiger charge is -2.08. The fourth-order valence-electron chi connectivity index (χ4n) is 1.73. The van der Waals surface area contributed by atoms with Gasteiger partial charge in [0.2, 0.25) is 0 Å². The molecule has 0 saturated carbocycles. The van der Waals surface area contributed by atoms with Gasteiger partial charge in [0.25, 0.3) is 0 Å². The number of hydrogen-bond acceptors (Lipinski definition) is 4. The van der Waals surface area contributed by atoms with Gasteiger partial charge in [0.15, 0.2) is 0 Å². The molecule has 100 valence electrons. The summed E-state index contributed by atoms with van der Waals surface area (Å²) in [4.78, 5) is 8.22. The van der Waals surface area contributed by atoms with Gasteiger partial charge >= 0.3 is 0 Å². The second-order valence-corrected chi connectivity index (χ2v) is 4.23. The van der Waals surface area contributed by atoms with E-state index in [0.717, 1.165) is 17.7 Å². The van der Waals surface area contributed by atoms with Crippen LogP contribution >= 0.6 is 0 Å².